The molecule has 6 heteroatoms. The standard InChI is InChI=1S/C19H18BrCl2NO2/c20-14-5-3-13(4-6-14)12-25-16-2-1-9-23(11-16)19(24)17-8-7-15(21)10-18(17)22/h3-8,10,16H,1-2,9,11-12H2. The molecule has 2 aromatic carbocycles. The molecule has 0 radical (unpaired) electrons. The van der Waals surface area contributed by atoms with Gasteiger partial charge in [0, 0.05) is 22.6 Å². The molecule has 0 spiro atoms. The van der Waals surface area contributed by atoms with Crippen molar-refractivity contribution in [1.29, 1.82) is 0 Å². The van der Waals surface area contributed by atoms with Gasteiger partial charge in [-0.05, 0) is 48.7 Å². The predicted molar refractivity (Wildman–Crippen MR) is 104 cm³/mol. The zero-order chi connectivity index (χ0) is 17.8. The van der Waals surface area contributed by atoms with E-state index in [1.807, 2.05) is 29.2 Å². The largest absolute Gasteiger partial charge is 0.372 e. The van der Waals surface area contributed by atoms with Crippen LogP contribution < -0.4 is 0 Å². The van der Waals surface area contributed by atoms with E-state index < -0.39 is 0 Å². The number of piperidine rings is 1. The van der Waals surface area contributed by atoms with E-state index in [9.17, 15) is 4.79 Å². The smallest absolute Gasteiger partial charge is 0.255 e. The molecule has 1 aliphatic heterocycles. The molecule has 3 rings (SSSR count). The number of hydrogen-bond acceptors (Lipinski definition) is 2. The van der Waals surface area contributed by atoms with E-state index in [0.29, 0.717) is 28.8 Å². The summed E-state index contributed by atoms with van der Waals surface area (Å²) in [5.41, 5.74) is 1.60. The second-order valence-electron chi connectivity index (χ2n) is 6.08. The number of hydrogen-bond donors (Lipinski definition) is 0. The van der Waals surface area contributed by atoms with E-state index >= 15 is 0 Å². The van der Waals surface area contributed by atoms with Crippen molar-refractivity contribution in [1.82, 2.24) is 4.90 Å². The van der Waals surface area contributed by atoms with Crippen LogP contribution >= 0.6 is 39.1 Å². The summed E-state index contributed by atoms with van der Waals surface area (Å²) in [6, 6.07) is 13.0. The molecule has 0 N–H and O–H groups in total. The van der Waals surface area contributed by atoms with Crippen molar-refractivity contribution < 1.29 is 9.53 Å². The minimum absolute atomic E-state index is 0.0347. The molecule has 1 fully saturated rings. The number of halogens is 3. The van der Waals surface area contributed by atoms with Gasteiger partial charge in [-0.3, -0.25) is 4.79 Å². The first kappa shape index (κ1) is 18.7. The fourth-order valence-electron chi connectivity index (χ4n) is 2.89. The van der Waals surface area contributed by atoms with Crippen molar-refractivity contribution in [3.05, 3.63) is 68.1 Å². The highest BCUT2D eigenvalue weighted by molar-refractivity contribution is 9.10. The van der Waals surface area contributed by atoms with Crippen LogP contribution in [-0.4, -0.2) is 30.0 Å². The molecule has 0 saturated carbocycles. The first-order valence-electron chi connectivity index (χ1n) is 8.13. The number of nitrogens with zero attached hydrogens (tertiary/aromatic N) is 1. The van der Waals surface area contributed by atoms with E-state index in [1.165, 1.54) is 0 Å². The Kier molecular flexibility index (Phi) is 6.39. The van der Waals surface area contributed by atoms with Gasteiger partial charge in [-0.25, -0.2) is 0 Å². The van der Waals surface area contributed by atoms with Crippen molar-refractivity contribution in [2.45, 2.75) is 25.6 Å². The summed E-state index contributed by atoms with van der Waals surface area (Å²) in [6.07, 6.45) is 1.91. The summed E-state index contributed by atoms with van der Waals surface area (Å²) in [7, 11) is 0. The van der Waals surface area contributed by atoms with Gasteiger partial charge in [-0.1, -0.05) is 51.3 Å². The lowest BCUT2D eigenvalue weighted by Crippen LogP contribution is -2.43. The topological polar surface area (TPSA) is 29.5 Å². The molecule has 1 saturated heterocycles. The minimum atomic E-state index is -0.0707. The van der Waals surface area contributed by atoms with Gasteiger partial charge in [0.15, 0.2) is 0 Å². The Hall–Kier alpha value is -1.07. The van der Waals surface area contributed by atoms with Crippen LogP contribution in [0.5, 0.6) is 0 Å². The van der Waals surface area contributed by atoms with Crippen molar-refractivity contribution in [2.24, 2.45) is 0 Å². The van der Waals surface area contributed by atoms with Gasteiger partial charge in [0.2, 0.25) is 0 Å². The molecule has 2 aromatic rings. The lowest BCUT2D eigenvalue weighted by atomic mass is 10.1. The molecular formula is C19H18BrCl2NO2. The first-order chi connectivity index (χ1) is 12.0. The molecule has 1 amide bonds. The van der Waals surface area contributed by atoms with Gasteiger partial charge < -0.3 is 9.64 Å². The monoisotopic (exact) mass is 441 g/mol. The van der Waals surface area contributed by atoms with Crippen molar-refractivity contribution in [3.63, 3.8) is 0 Å². The van der Waals surface area contributed by atoms with E-state index in [0.717, 1.165) is 29.4 Å². The third-order valence-corrected chi connectivity index (χ3v) is 5.30. The lowest BCUT2D eigenvalue weighted by molar-refractivity contribution is -0.00672. The number of likely N-dealkylation sites (tertiary alicyclic amines) is 1. The average Bonchev–Trinajstić information content (AvgIpc) is 2.61. The van der Waals surface area contributed by atoms with Gasteiger partial charge in [0.25, 0.3) is 5.91 Å². The summed E-state index contributed by atoms with van der Waals surface area (Å²) in [6.45, 7) is 1.84. The second-order valence-corrected chi connectivity index (χ2v) is 7.84. The summed E-state index contributed by atoms with van der Waals surface area (Å²) >= 11 is 15.5. The van der Waals surface area contributed by atoms with Crippen molar-refractivity contribution in [2.75, 3.05) is 13.1 Å². The van der Waals surface area contributed by atoms with E-state index in [4.69, 9.17) is 27.9 Å². The van der Waals surface area contributed by atoms with Crippen LogP contribution in [0.3, 0.4) is 0 Å². The third kappa shape index (κ3) is 4.98. The van der Waals surface area contributed by atoms with Crippen molar-refractivity contribution in [3.8, 4) is 0 Å². The highest BCUT2D eigenvalue weighted by Crippen LogP contribution is 2.24. The fourth-order valence-corrected chi connectivity index (χ4v) is 3.64. The van der Waals surface area contributed by atoms with Crippen LogP contribution in [0.2, 0.25) is 10.0 Å². The van der Waals surface area contributed by atoms with Crippen LogP contribution in [0, 0.1) is 0 Å². The third-order valence-electron chi connectivity index (χ3n) is 4.23. The molecule has 132 valence electrons. The molecule has 0 aliphatic carbocycles. The number of amides is 1. The average molecular weight is 443 g/mol. The SMILES string of the molecule is O=C(c1ccc(Cl)cc1Cl)N1CCCC(OCc2ccc(Br)cc2)C1. The van der Waals surface area contributed by atoms with Gasteiger partial charge in [0.05, 0.1) is 23.3 Å². The van der Waals surface area contributed by atoms with Crippen LogP contribution in [0.4, 0.5) is 0 Å². The number of rotatable bonds is 4. The van der Waals surface area contributed by atoms with Crippen LogP contribution in [0.25, 0.3) is 0 Å². The molecule has 3 nitrogen and oxygen atoms in total. The van der Waals surface area contributed by atoms with E-state index in [1.54, 1.807) is 18.2 Å². The quantitative estimate of drug-likeness (QED) is 0.618. The maximum absolute atomic E-state index is 12.7. The maximum atomic E-state index is 12.7. The number of carbonyl (C=O) groups is 1. The van der Waals surface area contributed by atoms with E-state index in [-0.39, 0.29) is 12.0 Å². The lowest BCUT2D eigenvalue weighted by Gasteiger charge is -2.33. The Balaban J connectivity index is 1.60. The van der Waals surface area contributed by atoms with Crippen LogP contribution in [0.1, 0.15) is 28.8 Å². The van der Waals surface area contributed by atoms with Gasteiger partial charge in [-0.2, -0.15) is 0 Å². The van der Waals surface area contributed by atoms with Crippen LogP contribution in [0.15, 0.2) is 46.9 Å². The molecule has 1 heterocycles. The molecule has 0 aromatic heterocycles. The zero-order valence-electron chi connectivity index (χ0n) is 13.6. The Morgan fingerprint density at radius 3 is 2.68 bits per heavy atom. The maximum Gasteiger partial charge on any atom is 0.255 e. The van der Waals surface area contributed by atoms with Gasteiger partial charge >= 0.3 is 0 Å². The molecule has 0 bridgehead atoms. The predicted octanol–water partition coefficient (Wildman–Crippen LogP) is 5.58. The Bertz CT molecular complexity index is 752. The number of carbonyl (C=O) groups excluding carboxylic acids is 1. The highest BCUT2D eigenvalue weighted by atomic mass is 79.9. The Labute approximate surface area is 166 Å². The van der Waals surface area contributed by atoms with Gasteiger partial charge in [0.1, 0.15) is 0 Å². The second kappa shape index (κ2) is 8.54. The first-order valence-corrected chi connectivity index (χ1v) is 9.68. The molecule has 1 atom stereocenters. The Morgan fingerprint density at radius 2 is 1.96 bits per heavy atom. The zero-order valence-corrected chi connectivity index (χ0v) is 16.6. The molecule has 1 aliphatic rings. The fraction of sp³-hybridized carbons (Fsp3) is 0.316. The Morgan fingerprint density at radius 1 is 1.20 bits per heavy atom. The molecular weight excluding hydrogens is 425 g/mol. The molecule has 1 unspecified atom stereocenters. The minimum Gasteiger partial charge on any atom is -0.372 e. The normalized spacial score (nSPS) is 17.6. The summed E-state index contributed by atoms with van der Waals surface area (Å²) in [5.74, 6) is -0.0707. The van der Waals surface area contributed by atoms with E-state index in [2.05, 4.69) is 15.9 Å². The van der Waals surface area contributed by atoms with Crippen LogP contribution in [-0.2, 0) is 11.3 Å². The summed E-state index contributed by atoms with van der Waals surface area (Å²) in [4.78, 5) is 14.5. The van der Waals surface area contributed by atoms with Gasteiger partial charge in [-0.15, -0.1) is 0 Å². The molecule has 25 heavy (non-hydrogen) atoms. The van der Waals surface area contributed by atoms with Crippen molar-refractivity contribution >= 4 is 45.0 Å². The number of ether oxygens (including phenoxy) is 1. The highest BCUT2D eigenvalue weighted by Gasteiger charge is 2.26. The summed E-state index contributed by atoms with van der Waals surface area (Å²) in [5, 5.41) is 0.909. The number of benzene rings is 2. The summed E-state index contributed by atoms with van der Waals surface area (Å²) < 4.78 is 7.06.